The molecular formula is C13H22N4. The molecule has 1 heterocycles. The first-order valence-corrected chi connectivity index (χ1v) is 6.19. The number of nitrogen functional groups attached to an aromatic ring is 1. The Morgan fingerprint density at radius 1 is 1.24 bits per heavy atom. The van der Waals surface area contributed by atoms with Crippen molar-refractivity contribution < 1.29 is 0 Å². The smallest absolute Gasteiger partial charge is 0.0535 e. The first-order chi connectivity index (χ1) is 8.18. The third-order valence-corrected chi connectivity index (χ3v) is 3.45. The lowest BCUT2D eigenvalue weighted by molar-refractivity contribution is 0.586. The van der Waals surface area contributed by atoms with Crippen molar-refractivity contribution in [2.75, 3.05) is 43.9 Å². The van der Waals surface area contributed by atoms with Gasteiger partial charge in [0.15, 0.2) is 0 Å². The van der Waals surface area contributed by atoms with Gasteiger partial charge in [-0.25, -0.2) is 0 Å². The van der Waals surface area contributed by atoms with E-state index in [4.69, 9.17) is 5.73 Å². The Morgan fingerprint density at radius 3 is 2.47 bits per heavy atom. The highest BCUT2D eigenvalue weighted by atomic mass is 15.2. The molecule has 0 atom stereocenters. The van der Waals surface area contributed by atoms with Crippen molar-refractivity contribution >= 4 is 11.4 Å². The van der Waals surface area contributed by atoms with Crippen LogP contribution in [-0.2, 0) is 0 Å². The van der Waals surface area contributed by atoms with Gasteiger partial charge in [-0.3, -0.25) is 0 Å². The molecule has 0 saturated carbocycles. The predicted molar refractivity (Wildman–Crippen MR) is 73.5 cm³/mol. The highest BCUT2D eigenvalue weighted by molar-refractivity contribution is 5.58. The van der Waals surface area contributed by atoms with Crippen molar-refractivity contribution in [3.8, 4) is 0 Å². The highest BCUT2D eigenvalue weighted by Gasteiger charge is 2.16. The number of anilines is 2. The topological polar surface area (TPSA) is 53.3 Å². The van der Waals surface area contributed by atoms with Crippen LogP contribution in [0.25, 0.3) is 0 Å². The summed E-state index contributed by atoms with van der Waals surface area (Å²) in [4.78, 5) is 2.32. The molecule has 0 unspecified atom stereocenters. The van der Waals surface area contributed by atoms with Crippen molar-refractivity contribution in [1.29, 1.82) is 0 Å². The SMILES string of the molecule is Cc1cc(N(C)C2CNCCNC2)ccc1N. The lowest BCUT2D eigenvalue weighted by Crippen LogP contribution is -2.43. The maximum atomic E-state index is 5.85. The van der Waals surface area contributed by atoms with Gasteiger partial charge >= 0.3 is 0 Å². The van der Waals surface area contributed by atoms with Crippen molar-refractivity contribution in [3.05, 3.63) is 23.8 Å². The molecule has 94 valence electrons. The van der Waals surface area contributed by atoms with Crippen LogP contribution in [0.3, 0.4) is 0 Å². The summed E-state index contributed by atoms with van der Waals surface area (Å²) < 4.78 is 0. The minimum absolute atomic E-state index is 0.487. The molecule has 0 aromatic heterocycles. The predicted octanol–water partition coefficient (Wildman–Crippen LogP) is 0.575. The Bertz CT molecular complexity index is 370. The summed E-state index contributed by atoms with van der Waals surface area (Å²) in [6, 6.07) is 6.71. The number of aryl methyl sites for hydroxylation is 1. The fraction of sp³-hybridized carbons (Fsp3) is 0.538. The van der Waals surface area contributed by atoms with Gasteiger partial charge in [0.05, 0.1) is 6.04 Å². The van der Waals surface area contributed by atoms with E-state index in [2.05, 4.69) is 41.6 Å². The Hall–Kier alpha value is -1.26. The number of rotatable bonds is 2. The molecule has 1 aliphatic rings. The standard InChI is InChI=1S/C13H22N4/c1-10-7-11(3-4-13(10)14)17(2)12-8-15-5-6-16-9-12/h3-4,7,12,15-16H,5-6,8-9,14H2,1-2H3. The van der Waals surface area contributed by atoms with E-state index in [0.29, 0.717) is 6.04 Å². The third kappa shape index (κ3) is 2.90. The molecule has 0 aliphatic carbocycles. The van der Waals surface area contributed by atoms with E-state index < -0.39 is 0 Å². The quantitative estimate of drug-likeness (QED) is 0.655. The number of hydrogen-bond donors (Lipinski definition) is 3. The lowest BCUT2D eigenvalue weighted by Gasteiger charge is -2.29. The molecule has 4 heteroatoms. The van der Waals surface area contributed by atoms with Crippen LogP contribution in [0.4, 0.5) is 11.4 Å². The third-order valence-electron chi connectivity index (χ3n) is 3.45. The number of hydrogen-bond acceptors (Lipinski definition) is 4. The molecule has 4 N–H and O–H groups in total. The van der Waals surface area contributed by atoms with Gasteiger partial charge in [-0.2, -0.15) is 0 Å². The molecule has 0 spiro atoms. The summed E-state index contributed by atoms with van der Waals surface area (Å²) in [5.41, 5.74) is 9.08. The molecule has 1 saturated heterocycles. The van der Waals surface area contributed by atoms with Crippen LogP contribution in [0.1, 0.15) is 5.56 Å². The fourth-order valence-corrected chi connectivity index (χ4v) is 2.15. The summed E-state index contributed by atoms with van der Waals surface area (Å²) >= 11 is 0. The van der Waals surface area contributed by atoms with Gasteiger partial charge in [0.25, 0.3) is 0 Å². The van der Waals surface area contributed by atoms with Crippen molar-refractivity contribution in [1.82, 2.24) is 10.6 Å². The van der Waals surface area contributed by atoms with E-state index in [1.807, 2.05) is 6.07 Å². The maximum Gasteiger partial charge on any atom is 0.0535 e. The van der Waals surface area contributed by atoms with Gasteiger partial charge in [-0.1, -0.05) is 0 Å². The molecule has 0 radical (unpaired) electrons. The molecule has 1 aromatic carbocycles. The largest absolute Gasteiger partial charge is 0.399 e. The van der Waals surface area contributed by atoms with E-state index in [1.54, 1.807) is 0 Å². The van der Waals surface area contributed by atoms with Crippen LogP contribution in [-0.4, -0.2) is 39.3 Å². The van der Waals surface area contributed by atoms with E-state index >= 15 is 0 Å². The Kier molecular flexibility index (Phi) is 3.86. The summed E-state index contributed by atoms with van der Waals surface area (Å²) in [7, 11) is 2.14. The van der Waals surface area contributed by atoms with E-state index in [9.17, 15) is 0 Å². The molecule has 0 bridgehead atoms. The number of nitrogens with one attached hydrogen (secondary N) is 2. The Labute approximate surface area is 103 Å². The van der Waals surface area contributed by atoms with E-state index in [1.165, 1.54) is 5.69 Å². The van der Waals surface area contributed by atoms with Gasteiger partial charge in [-0.05, 0) is 30.7 Å². The minimum Gasteiger partial charge on any atom is -0.399 e. The monoisotopic (exact) mass is 234 g/mol. The number of benzene rings is 1. The zero-order chi connectivity index (χ0) is 12.3. The lowest BCUT2D eigenvalue weighted by atomic mass is 10.1. The van der Waals surface area contributed by atoms with Crippen molar-refractivity contribution in [2.24, 2.45) is 0 Å². The van der Waals surface area contributed by atoms with Gasteiger partial charge in [0.1, 0.15) is 0 Å². The first-order valence-electron chi connectivity index (χ1n) is 6.19. The van der Waals surface area contributed by atoms with Crippen LogP contribution in [0.5, 0.6) is 0 Å². The number of nitrogens with zero attached hydrogens (tertiary/aromatic N) is 1. The molecular weight excluding hydrogens is 212 g/mol. The van der Waals surface area contributed by atoms with Gasteiger partial charge in [0.2, 0.25) is 0 Å². The second kappa shape index (κ2) is 5.38. The van der Waals surface area contributed by atoms with Crippen LogP contribution in [0.2, 0.25) is 0 Å². The zero-order valence-corrected chi connectivity index (χ0v) is 10.7. The Balaban J connectivity index is 2.11. The average Bonchev–Trinajstić information content (AvgIpc) is 2.60. The minimum atomic E-state index is 0.487. The number of likely N-dealkylation sites (N-methyl/N-ethyl adjacent to an activating group) is 1. The van der Waals surface area contributed by atoms with Crippen LogP contribution in [0.15, 0.2) is 18.2 Å². The van der Waals surface area contributed by atoms with Crippen LogP contribution >= 0.6 is 0 Å². The van der Waals surface area contributed by atoms with E-state index in [0.717, 1.165) is 37.4 Å². The molecule has 1 fully saturated rings. The second-order valence-electron chi connectivity index (χ2n) is 4.71. The highest BCUT2D eigenvalue weighted by Crippen LogP contribution is 2.21. The summed E-state index contributed by atoms with van der Waals surface area (Å²) in [6.45, 7) is 6.19. The molecule has 2 rings (SSSR count). The summed E-state index contributed by atoms with van der Waals surface area (Å²) in [6.07, 6.45) is 0. The zero-order valence-electron chi connectivity index (χ0n) is 10.7. The molecule has 17 heavy (non-hydrogen) atoms. The van der Waals surface area contributed by atoms with Gasteiger partial charge in [-0.15, -0.1) is 0 Å². The number of nitrogens with two attached hydrogens (primary N) is 1. The van der Waals surface area contributed by atoms with Crippen LogP contribution < -0.4 is 21.3 Å². The molecule has 0 amide bonds. The van der Waals surface area contributed by atoms with Crippen molar-refractivity contribution in [2.45, 2.75) is 13.0 Å². The van der Waals surface area contributed by atoms with E-state index in [-0.39, 0.29) is 0 Å². The van der Waals surface area contributed by atoms with Crippen molar-refractivity contribution in [3.63, 3.8) is 0 Å². The normalized spacial score (nSPS) is 17.8. The molecule has 4 nitrogen and oxygen atoms in total. The fourth-order valence-electron chi connectivity index (χ4n) is 2.15. The molecule has 1 aromatic rings. The second-order valence-corrected chi connectivity index (χ2v) is 4.71. The van der Waals surface area contributed by atoms with Crippen LogP contribution in [0, 0.1) is 6.92 Å². The summed E-state index contributed by atoms with van der Waals surface area (Å²) in [5.74, 6) is 0. The Morgan fingerprint density at radius 2 is 1.88 bits per heavy atom. The molecule has 1 aliphatic heterocycles. The van der Waals surface area contributed by atoms with Gasteiger partial charge in [0, 0.05) is 44.6 Å². The summed E-state index contributed by atoms with van der Waals surface area (Å²) in [5, 5.41) is 6.89. The average molecular weight is 234 g/mol. The van der Waals surface area contributed by atoms with Gasteiger partial charge < -0.3 is 21.3 Å². The first kappa shape index (κ1) is 12.2. The maximum absolute atomic E-state index is 5.85.